The summed E-state index contributed by atoms with van der Waals surface area (Å²) in [4.78, 5) is 1.28. The molecule has 1 aromatic heterocycles. The highest BCUT2D eigenvalue weighted by atomic mass is 35.5. The third-order valence-electron chi connectivity index (χ3n) is 3.30. The first-order valence-corrected chi connectivity index (χ1v) is 8.09. The van der Waals surface area contributed by atoms with Crippen molar-refractivity contribution in [2.45, 2.75) is 32.7 Å². The van der Waals surface area contributed by atoms with Gasteiger partial charge in [-0.2, -0.15) is 0 Å². The fourth-order valence-electron chi connectivity index (χ4n) is 2.22. The molecule has 4 heteroatoms. The van der Waals surface area contributed by atoms with E-state index in [-0.39, 0.29) is 11.9 Å². The van der Waals surface area contributed by atoms with Crippen LogP contribution >= 0.6 is 22.9 Å². The van der Waals surface area contributed by atoms with Gasteiger partial charge in [0.05, 0.1) is 0 Å². The first kappa shape index (κ1) is 15.5. The molecule has 0 aliphatic rings. The van der Waals surface area contributed by atoms with Crippen LogP contribution in [0.3, 0.4) is 0 Å². The molecule has 2 aromatic rings. The molecule has 1 nitrogen and oxygen atoms in total. The summed E-state index contributed by atoms with van der Waals surface area (Å²) >= 11 is 7.53. The second-order valence-electron chi connectivity index (χ2n) is 4.91. The van der Waals surface area contributed by atoms with Crippen LogP contribution in [0.5, 0.6) is 0 Å². The molecule has 108 valence electrons. The molecule has 0 saturated carbocycles. The van der Waals surface area contributed by atoms with Gasteiger partial charge in [0, 0.05) is 15.9 Å². The second-order valence-corrected chi connectivity index (χ2v) is 6.30. The predicted octanol–water partition coefficient (Wildman–Crippen LogP) is 5.13. The molecule has 1 heterocycles. The quantitative estimate of drug-likeness (QED) is 0.779. The summed E-state index contributed by atoms with van der Waals surface area (Å²) < 4.78 is 14.0. The summed E-state index contributed by atoms with van der Waals surface area (Å²) in [5, 5.41) is 6.04. The highest BCUT2D eigenvalue weighted by Crippen LogP contribution is 2.28. The Morgan fingerprint density at radius 3 is 2.75 bits per heavy atom. The average molecular weight is 312 g/mol. The zero-order valence-corrected chi connectivity index (χ0v) is 13.3. The second kappa shape index (κ2) is 7.21. The van der Waals surface area contributed by atoms with Crippen LogP contribution in [-0.2, 0) is 6.42 Å². The molecule has 0 saturated heterocycles. The van der Waals surface area contributed by atoms with Gasteiger partial charge in [0.2, 0.25) is 0 Å². The summed E-state index contributed by atoms with van der Waals surface area (Å²) in [5.41, 5.74) is 1.97. The molecule has 20 heavy (non-hydrogen) atoms. The van der Waals surface area contributed by atoms with Crippen molar-refractivity contribution in [1.82, 2.24) is 5.32 Å². The highest BCUT2D eigenvalue weighted by Gasteiger charge is 2.17. The van der Waals surface area contributed by atoms with Gasteiger partial charge in [0.25, 0.3) is 0 Å². The third-order valence-corrected chi connectivity index (χ3v) is 4.67. The number of rotatable bonds is 6. The molecular weight excluding hydrogens is 293 g/mol. The maximum Gasteiger partial charge on any atom is 0.127 e. The molecule has 0 fully saturated rings. The minimum atomic E-state index is -0.227. The molecule has 0 aliphatic heterocycles. The Bertz CT molecular complexity index is 567. The zero-order valence-electron chi connectivity index (χ0n) is 11.7. The van der Waals surface area contributed by atoms with E-state index in [2.05, 4.69) is 30.6 Å². The smallest absolute Gasteiger partial charge is 0.127 e. The number of benzene rings is 1. The third kappa shape index (κ3) is 3.81. The Kier molecular flexibility index (Phi) is 5.58. The monoisotopic (exact) mass is 311 g/mol. The molecule has 0 spiro atoms. The van der Waals surface area contributed by atoms with E-state index in [0.717, 1.165) is 13.0 Å². The molecular formula is C16H19ClFNS. The Labute approximate surface area is 128 Å². The van der Waals surface area contributed by atoms with E-state index >= 15 is 0 Å². The van der Waals surface area contributed by atoms with Gasteiger partial charge in [-0.3, -0.25) is 0 Å². The van der Waals surface area contributed by atoms with Gasteiger partial charge in [-0.25, -0.2) is 4.39 Å². The van der Waals surface area contributed by atoms with E-state index in [1.807, 2.05) is 0 Å². The largest absolute Gasteiger partial charge is 0.309 e. The standard InChI is InChI=1S/C16H19ClFNS/c1-3-7-19-15(16-11(2)6-8-20-16)9-12-4-5-13(17)10-14(12)18/h4-6,8,10,15,19H,3,7,9H2,1-2H3. The van der Waals surface area contributed by atoms with Crippen molar-refractivity contribution in [2.24, 2.45) is 0 Å². The van der Waals surface area contributed by atoms with Gasteiger partial charge in [0.1, 0.15) is 5.82 Å². The lowest BCUT2D eigenvalue weighted by molar-refractivity contribution is 0.517. The SMILES string of the molecule is CCCNC(Cc1ccc(Cl)cc1F)c1sccc1C. The molecule has 1 atom stereocenters. The summed E-state index contributed by atoms with van der Waals surface area (Å²) in [6, 6.07) is 7.18. The average Bonchev–Trinajstić information content (AvgIpc) is 2.83. The fraction of sp³-hybridized carbons (Fsp3) is 0.375. The molecule has 1 aromatic carbocycles. The summed E-state index contributed by atoms with van der Waals surface area (Å²) in [7, 11) is 0. The van der Waals surface area contributed by atoms with Crippen molar-refractivity contribution in [3.8, 4) is 0 Å². The van der Waals surface area contributed by atoms with Crippen LogP contribution in [0.15, 0.2) is 29.6 Å². The van der Waals surface area contributed by atoms with E-state index in [1.165, 1.54) is 16.5 Å². The maximum atomic E-state index is 14.0. The van der Waals surface area contributed by atoms with Crippen LogP contribution in [0, 0.1) is 12.7 Å². The van der Waals surface area contributed by atoms with Crippen LogP contribution in [0.4, 0.5) is 4.39 Å². The topological polar surface area (TPSA) is 12.0 Å². The van der Waals surface area contributed by atoms with Gasteiger partial charge in [-0.15, -0.1) is 11.3 Å². The Hall–Kier alpha value is -0.900. The normalized spacial score (nSPS) is 12.6. The van der Waals surface area contributed by atoms with E-state index in [9.17, 15) is 4.39 Å². The summed E-state index contributed by atoms with van der Waals surface area (Å²) in [6.07, 6.45) is 1.70. The Morgan fingerprint density at radius 2 is 2.15 bits per heavy atom. The molecule has 1 unspecified atom stereocenters. The number of nitrogens with one attached hydrogen (secondary N) is 1. The first-order chi connectivity index (χ1) is 9.61. The number of hydrogen-bond donors (Lipinski definition) is 1. The molecule has 0 radical (unpaired) electrons. The van der Waals surface area contributed by atoms with Crippen molar-refractivity contribution < 1.29 is 4.39 Å². The minimum Gasteiger partial charge on any atom is -0.309 e. The molecule has 0 bridgehead atoms. The number of hydrogen-bond acceptors (Lipinski definition) is 2. The number of aryl methyl sites for hydroxylation is 1. The number of halogens is 2. The van der Waals surface area contributed by atoms with Crippen LogP contribution in [-0.4, -0.2) is 6.54 Å². The maximum absolute atomic E-state index is 14.0. The predicted molar refractivity (Wildman–Crippen MR) is 85.2 cm³/mol. The van der Waals surface area contributed by atoms with E-state index in [0.29, 0.717) is 17.0 Å². The summed E-state index contributed by atoms with van der Waals surface area (Å²) in [6.45, 7) is 5.16. The van der Waals surface area contributed by atoms with Crippen LogP contribution in [0.2, 0.25) is 5.02 Å². The van der Waals surface area contributed by atoms with Gasteiger partial charge in [-0.1, -0.05) is 24.6 Å². The highest BCUT2D eigenvalue weighted by molar-refractivity contribution is 7.10. The van der Waals surface area contributed by atoms with Crippen molar-refractivity contribution in [2.75, 3.05) is 6.54 Å². The van der Waals surface area contributed by atoms with Gasteiger partial charge < -0.3 is 5.32 Å². The van der Waals surface area contributed by atoms with Crippen molar-refractivity contribution in [1.29, 1.82) is 0 Å². The lowest BCUT2D eigenvalue weighted by atomic mass is 10.0. The minimum absolute atomic E-state index is 0.158. The van der Waals surface area contributed by atoms with Crippen LogP contribution in [0.1, 0.15) is 35.4 Å². The first-order valence-electron chi connectivity index (χ1n) is 6.83. The van der Waals surface area contributed by atoms with E-state index in [4.69, 9.17) is 11.6 Å². The molecule has 0 aliphatic carbocycles. The van der Waals surface area contributed by atoms with Gasteiger partial charge in [0.15, 0.2) is 0 Å². The number of thiophene rings is 1. The lowest BCUT2D eigenvalue weighted by Crippen LogP contribution is -2.24. The van der Waals surface area contributed by atoms with Crippen LogP contribution < -0.4 is 5.32 Å². The van der Waals surface area contributed by atoms with Gasteiger partial charge in [-0.05, 0) is 61.0 Å². The Balaban J connectivity index is 2.21. The lowest BCUT2D eigenvalue weighted by Gasteiger charge is -2.19. The molecule has 2 rings (SSSR count). The van der Waals surface area contributed by atoms with Crippen molar-refractivity contribution in [3.05, 3.63) is 56.5 Å². The van der Waals surface area contributed by atoms with Gasteiger partial charge >= 0.3 is 0 Å². The summed E-state index contributed by atoms with van der Waals surface area (Å²) in [5.74, 6) is -0.227. The zero-order chi connectivity index (χ0) is 14.5. The van der Waals surface area contributed by atoms with Crippen molar-refractivity contribution >= 4 is 22.9 Å². The fourth-order valence-corrected chi connectivity index (χ4v) is 3.39. The molecule has 0 amide bonds. The van der Waals surface area contributed by atoms with Crippen LogP contribution in [0.25, 0.3) is 0 Å². The van der Waals surface area contributed by atoms with E-state index < -0.39 is 0 Å². The Morgan fingerprint density at radius 1 is 1.35 bits per heavy atom. The van der Waals surface area contributed by atoms with Crippen molar-refractivity contribution in [3.63, 3.8) is 0 Å². The van der Waals surface area contributed by atoms with E-state index in [1.54, 1.807) is 23.5 Å². The molecule has 1 N–H and O–H groups in total.